The zero-order valence-corrected chi connectivity index (χ0v) is 11.0. The molecule has 1 saturated heterocycles. The van der Waals surface area contributed by atoms with E-state index in [1.807, 2.05) is 24.3 Å². The molecule has 0 atom stereocenters. The number of hydrogen-bond donors (Lipinski definition) is 3. The summed E-state index contributed by atoms with van der Waals surface area (Å²) in [6, 6.07) is 7.65. The van der Waals surface area contributed by atoms with Gasteiger partial charge in [0.15, 0.2) is 0 Å². The zero-order valence-electron chi connectivity index (χ0n) is 10.2. The summed E-state index contributed by atoms with van der Waals surface area (Å²) >= 11 is 5.80. The molecule has 0 unspecified atom stereocenters. The summed E-state index contributed by atoms with van der Waals surface area (Å²) in [7, 11) is 0. The van der Waals surface area contributed by atoms with Gasteiger partial charge in [-0.2, -0.15) is 0 Å². The van der Waals surface area contributed by atoms with Gasteiger partial charge in [0.1, 0.15) is 0 Å². The number of hydrogen-bond acceptors (Lipinski definition) is 2. The van der Waals surface area contributed by atoms with Crippen LogP contribution in [-0.2, 0) is 6.54 Å². The molecule has 0 saturated carbocycles. The first-order chi connectivity index (χ1) is 8.74. The normalized spacial score (nSPS) is 16.3. The molecular weight excluding hydrogens is 250 g/mol. The number of benzene rings is 1. The van der Waals surface area contributed by atoms with Crippen molar-refractivity contribution in [3.05, 3.63) is 34.9 Å². The van der Waals surface area contributed by atoms with Crippen LogP contribution in [-0.4, -0.2) is 25.2 Å². The lowest BCUT2D eigenvalue weighted by atomic mass is 10.1. The average Bonchev–Trinajstić information content (AvgIpc) is 2.39. The van der Waals surface area contributed by atoms with Crippen LogP contribution in [0.15, 0.2) is 24.3 Å². The van der Waals surface area contributed by atoms with E-state index in [4.69, 9.17) is 11.6 Å². The third-order valence-electron chi connectivity index (χ3n) is 3.04. The molecular formula is C13H18ClN3O. The zero-order chi connectivity index (χ0) is 12.8. The van der Waals surface area contributed by atoms with Crippen LogP contribution in [0.4, 0.5) is 4.79 Å². The molecule has 1 aromatic carbocycles. The predicted molar refractivity (Wildman–Crippen MR) is 72.7 cm³/mol. The summed E-state index contributed by atoms with van der Waals surface area (Å²) in [6.07, 6.45) is 1.99. The van der Waals surface area contributed by atoms with Gasteiger partial charge in [0.2, 0.25) is 0 Å². The maximum absolute atomic E-state index is 11.7. The Morgan fingerprint density at radius 1 is 1.28 bits per heavy atom. The summed E-state index contributed by atoms with van der Waals surface area (Å²) in [5.74, 6) is 0. The van der Waals surface area contributed by atoms with E-state index < -0.39 is 0 Å². The maximum atomic E-state index is 11.7. The second-order valence-electron chi connectivity index (χ2n) is 4.48. The van der Waals surface area contributed by atoms with Gasteiger partial charge in [-0.05, 0) is 43.6 Å². The highest BCUT2D eigenvalue weighted by Crippen LogP contribution is 2.09. The van der Waals surface area contributed by atoms with Crippen LogP contribution < -0.4 is 16.0 Å². The van der Waals surface area contributed by atoms with Gasteiger partial charge in [-0.15, -0.1) is 0 Å². The molecule has 5 heteroatoms. The molecule has 1 aliphatic heterocycles. The van der Waals surface area contributed by atoms with Crippen LogP contribution in [0.3, 0.4) is 0 Å². The van der Waals surface area contributed by atoms with Crippen molar-refractivity contribution in [2.45, 2.75) is 25.4 Å². The van der Waals surface area contributed by atoms with E-state index in [1.165, 1.54) is 0 Å². The van der Waals surface area contributed by atoms with Crippen molar-refractivity contribution in [1.29, 1.82) is 0 Å². The third-order valence-corrected chi connectivity index (χ3v) is 3.29. The van der Waals surface area contributed by atoms with Crippen molar-refractivity contribution >= 4 is 17.6 Å². The fourth-order valence-corrected chi connectivity index (χ4v) is 2.11. The van der Waals surface area contributed by atoms with Crippen LogP contribution >= 0.6 is 11.6 Å². The highest BCUT2D eigenvalue weighted by Gasteiger charge is 2.14. The van der Waals surface area contributed by atoms with Crippen molar-refractivity contribution < 1.29 is 4.79 Å². The molecule has 1 fully saturated rings. The fraction of sp³-hybridized carbons (Fsp3) is 0.462. The summed E-state index contributed by atoms with van der Waals surface area (Å²) in [5.41, 5.74) is 1.04. The van der Waals surface area contributed by atoms with Gasteiger partial charge in [-0.25, -0.2) is 4.79 Å². The molecule has 4 nitrogen and oxygen atoms in total. The van der Waals surface area contributed by atoms with E-state index in [1.54, 1.807) is 0 Å². The quantitative estimate of drug-likeness (QED) is 0.783. The summed E-state index contributed by atoms with van der Waals surface area (Å²) < 4.78 is 0. The molecule has 0 radical (unpaired) electrons. The number of amides is 2. The predicted octanol–water partition coefficient (Wildman–Crippen LogP) is 1.89. The van der Waals surface area contributed by atoms with Crippen LogP contribution in [0.2, 0.25) is 5.02 Å². The Morgan fingerprint density at radius 3 is 2.61 bits per heavy atom. The lowest BCUT2D eigenvalue weighted by molar-refractivity contribution is 0.233. The van der Waals surface area contributed by atoms with Crippen molar-refractivity contribution in [1.82, 2.24) is 16.0 Å². The second-order valence-corrected chi connectivity index (χ2v) is 4.91. The molecule has 2 rings (SSSR count). The molecule has 1 aromatic rings. The SMILES string of the molecule is O=C(NCc1ccc(Cl)cc1)NC1CCNCC1. The smallest absolute Gasteiger partial charge is 0.315 e. The topological polar surface area (TPSA) is 53.2 Å². The summed E-state index contributed by atoms with van der Waals surface area (Å²) in [6.45, 7) is 2.47. The summed E-state index contributed by atoms with van der Waals surface area (Å²) in [4.78, 5) is 11.7. The molecule has 98 valence electrons. The van der Waals surface area contributed by atoms with E-state index in [0.29, 0.717) is 11.6 Å². The number of carbonyl (C=O) groups is 1. The lowest BCUT2D eigenvalue weighted by Crippen LogP contribution is -2.46. The largest absolute Gasteiger partial charge is 0.335 e. The highest BCUT2D eigenvalue weighted by atomic mass is 35.5. The number of urea groups is 1. The Morgan fingerprint density at radius 2 is 1.94 bits per heavy atom. The standard InChI is InChI=1S/C13H18ClN3O/c14-11-3-1-10(2-4-11)9-16-13(18)17-12-5-7-15-8-6-12/h1-4,12,15H,5-9H2,(H2,16,17,18). The van der Waals surface area contributed by atoms with E-state index in [0.717, 1.165) is 31.5 Å². The van der Waals surface area contributed by atoms with E-state index in [-0.39, 0.29) is 12.1 Å². The molecule has 0 aromatic heterocycles. The Kier molecular flexibility index (Phi) is 4.84. The van der Waals surface area contributed by atoms with Crippen LogP contribution in [0.25, 0.3) is 0 Å². The Labute approximate surface area is 112 Å². The van der Waals surface area contributed by atoms with Crippen LogP contribution in [0.5, 0.6) is 0 Å². The third kappa shape index (κ3) is 4.20. The molecule has 1 aliphatic rings. The minimum Gasteiger partial charge on any atom is -0.335 e. The minimum absolute atomic E-state index is 0.100. The Balaban J connectivity index is 1.72. The Hall–Kier alpha value is -1.26. The van der Waals surface area contributed by atoms with E-state index in [9.17, 15) is 4.79 Å². The monoisotopic (exact) mass is 267 g/mol. The Bertz CT molecular complexity index is 388. The van der Waals surface area contributed by atoms with Crippen LogP contribution in [0.1, 0.15) is 18.4 Å². The molecule has 2 amide bonds. The van der Waals surface area contributed by atoms with Crippen molar-refractivity contribution in [2.24, 2.45) is 0 Å². The number of halogens is 1. The number of nitrogens with one attached hydrogen (secondary N) is 3. The van der Waals surface area contributed by atoms with Gasteiger partial charge >= 0.3 is 6.03 Å². The van der Waals surface area contributed by atoms with E-state index >= 15 is 0 Å². The molecule has 0 spiro atoms. The van der Waals surface area contributed by atoms with E-state index in [2.05, 4.69) is 16.0 Å². The van der Waals surface area contributed by atoms with Crippen molar-refractivity contribution in [3.8, 4) is 0 Å². The highest BCUT2D eigenvalue weighted by molar-refractivity contribution is 6.30. The van der Waals surface area contributed by atoms with Gasteiger partial charge in [0.25, 0.3) is 0 Å². The minimum atomic E-state index is -0.100. The molecule has 1 heterocycles. The second kappa shape index (κ2) is 6.61. The van der Waals surface area contributed by atoms with Gasteiger partial charge in [-0.3, -0.25) is 0 Å². The number of piperidine rings is 1. The lowest BCUT2D eigenvalue weighted by Gasteiger charge is -2.23. The van der Waals surface area contributed by atoms with Crippen LogP contribution in [0, 0.1) is 0 Å². The number of carbonyl (C=O) groups excluding carboxylic acids is 1. The number of rotatable bonds is 3. The van der Waals surface area contributed by atoms with Gasteiger partial charge in [0.05, 0.1) is 0 Å². The average molecular weight is 268 g/mol. The molecule has 3 N–H and O–H groups in total. The molecule has 18 heavy (non-hydrogen) atoms. The first-order valence-corrected chi connectivity index (χ1v) is 6.61. The first kappa shape index (κ1) is 13.2. The van der Waals surface area contributed by atoms with Gasteiger partial charge < -0.3 is 16.0 Å². The van der Waals surface area contributed by atoms with Crippen molar-refractivity contribution in [3.63, 3.8) is 0 Å². The van der Waals surface area contributed by atoms with Gasteiger partial charge in [0, 0.05) is 17.6 Å². The maximum Gasteiger partial charge on any atom is 0.315 e. The molecule has 0 bridgehead atoms. The molecule has 0 aliphatic carbocycles. The fourth-order valence-electron chi connectivity index (χ4n) is 1.99. The summed E-state index contributed by atoms with van der Waals surface area (Å²) in [5, 5.41) is 9.81. The first-order valence-electron chi connectivity index (χ1n) is 6.23. The van der Waals surface area contributed by atoms with Crippen molar-refractivity contribution in [2.75, 3.05) is 13.1 Å². The van der Waals surface area contributed by atoms with Gasteiger partial charge in [-0.1, -0.05) is 23.7 Å².